The van der Waals surface area contributed by atoms with Gasteiger partial charge in [0, 0.05) is 50.7 Å². The van der Waals surface area contributed by atoms with E-state index in [0.29, 0.717) is 11.8 Å². The van der Waals surface area contributed by atoms with Crippen LogP contribution in [0, 0.1) is 18.8 Å². The van der Waals surface area contributed by atoms with Crippen molar-refractivity contribution in [2.75, 3.05) is 32.8 Å². The first-order valence-corrected chi connectivity index (χ1v) is 12.7. The van der Waals surface area contributed by atoms with Gasteiger partial charge in [0.15, 0.2) is 5.96 Å². The molecule has 1 saturated carbocycles. The third-order valence-corrected chi connectivity index (χ3v) is 7.22. The number of hydrogen-bond acceptors (Lipinski definition) is 3. The quantitative estimate of drug-likeness (QED) is 0.303. The number of aryl methyl sites for hydroxylation is 1. The Labute approximate surface area is 216 Å². The molecule has 4 rings (SSSR count). The molecule has 0 radical (unpaired) electrons. The standard InChI is InChI=1S/C26H40N4O2.HI/c1-3-27-26(29-23-14-15-30(18-23)25(31)21-7-4-5-8-21)28-17-22-9-6-16-32-24(22)20-12-10-19(2)11-13-20;/h10-13,21-24H,3-9,14-18H2,1-2H3,(H2,27,28,29);1H. The molecule has 1 aromatic rings. The van der Waals surface area contributed by atoms with E-state index in [-0.39, 0.29) is 42.0 Å². The first kappa shape index (κ1) is 26.3. The molecular weight excluding hydrogens is 527 g/mol. The van der Waals surface area contributed by atoms with Gasteiger partial charge in [-0.3, -0.25) is 9.79 Å². The number of halogens is 1. The third kappa shape index (κ3) is 7.07. The Bertz CT molecular complexity index is 779. The number of benzene rings is 1. The number of guanidine groups is 1. The Kier molecular flexibility index (Phi) is 10.3. The van der Waals surface area contributed by atoms with Gasteiger partial charge < -0.3 is 20.3 Å². The number of nitrogens with zero attached hydrogens (tertiary/aromatic N) is 2. The Morgan fingerprint density at radius 1 is 1.12 bits per heavy atom. The summed E-state index contributed by atoms with van der Waals surface area (Å²) >= 11 is 0. The summed E-state index contributed by atoms with van der Waals surface area (Å²) < 4.78 is 6.18. The minimum Gasteiger partial charge on any atom is -0.373 e. The summed E-state index contributed by atoms with van der Waals surface area (Å²) in [5.41, 5.74) is 2.53. The molecule has 6 nitrogen and oxygen atoms in total. The van der Waals surface area contributed by atoms with Gasteiger partial charge in [-0.25, -0.2) is 0 Å². The van der Waals surface area contributed by atoms with Gasteiger partial charge in [0.1, 0.15) is 0 Å². The van der Waals surface area contributed by atoms with E-state index in [1.165, 1.54) is 24.0 Å². The lowest BCUT2D eigenvalue weighted by Gasteiger charge is -2.31. The zero-order valence-electron chi connectivity index (χ0n) is 20.2. The lowest BCUT2D eigenvalue weighted by Crippen LogP contribution is -2.45. The van der Waals surface area contributed by atoms with Gasteiger partial charge in [-0.05, 0) is 51.5 Å². The number of carbonyl (C=O) groups is 1. The summed E-state index contributed by atoms with van der Waals surface area (Å²) in [7, 11) is 0. The van der Waals surface area contributed by atoms with Crippen LogP contribution in [0.3, 0.4) is 0 Å². The Morgan fingerprint density at radius 3 is 2.61 bits per heavy atom. The van der Waals surface area contributed by atoms with Crippen molar-refractivity contribution in [1.29, 1.82) is 0 Å². The van der Waals surface area contributed by atoms with Crippen LogP contribution in [0.15, 0.2) is 29.3 Å². The number of rotatable bonds is 6. The number of ether oxygens (including phenoxy) is 1. The van der Waals surface area contributed by atoms with Gasteiger partial charge in [0.25, 0.3) is 0 Å². The highest BCUT2D eigenvalue weighted by Crippen LogP contribution is 2.34. The van der Waals surface area contributed by atoms with E-state index in [4.69, 9.17) is 9.73 Å². The van der Waals surface area contributed by atoms with Crippen LogP contribution in [0.25, 0.3) is 0 Å². The molecule has 3 aliphatic rings. The lowest BCUT2D eigenvalue weighted by atomic mass is 9.89. The van der Waals surface area contributed by atoms with Crippen LogP contribution in [0.2, 0.25) is 0 Å². The predicted octanol–water partition coefficient (Wildman–Crippen LogP) is 4.43. The van der Waals surface area contributed by atoms with Gasteiger partial charge in [-0.2, -0.15) is 0 Å². The van der Waals surface area contributed by atoms with Crippen LogP contribution >= 0.6 is 24.0 Å². The molecule has 7 heteroatoms. The van der Waals surface area contributed by atoms with Crippen LogP contribution in [-0.2, 0) is 9.53 Å². The molecule has 0 bridgehead atoms. The van der Waals surface area contributed by atoms with Crippen molar-refractivity contribution in [2.24, 2.45) is 16.8 Å². The molecule has 2 aliphatic heterocycles. The molecule has 2 saturated heterocycles. The molecule has 1 amide bonds. The van der Waals surface area contributed by atoms with E-state index < -0.39 is 0 Å². The molecule has 184 valence electrons. The number of hydrogen-bond donors (Lipinski definition) is 2. The van der Waals surface area contributed by atoms with E-state index in [1.807, 2.05) is 0 Å². The van der Waals surface area contributed by atoms with Crippen molar-refractivity contribution in [3.05, 3.63) is 35.4 Å². The van der Waals surface area contributed by atoms with Gasteiger partial charge >= 0.3 is 0 Å². The maximum atomic E-state index is 12.8. The normalized spacial score (nSPS) is 26.2. The Balaban J connectivity index is 0.00000306. The van der Waals surface area contributed by atoms with Crippen LogP contribution in [0.4, 0.5) is 0 Å². The number of aliphatic imine (C=N–C) groups is 1. The highest BCUT2D eigenvalue weighted by atomic mass is 127. The maximum Gasteiger partial charge on any atom is 0.225 e. The second kappa shape index (κ2) is 12.9. The van der Waals surface area contributed by atoms with Crippen molar-refractivity contribution in [2.45, 2.75) is 70.9 Å². The summed E-state index contributed by atoms with van der Waals surface area (Å²) in [6.07, 6.45) is 7.88. The Hall–Kier alpha value is -1.35. The highest BCUT2D eigenvalue weighted by molar-refractivity contribution is 14.0. The smallest absolute Gasteiger partial charge is 0.225 e. The summed E-state index contributed by atoms with van der Waals surface area (Å²) in [6.45, 7) is 8.26. The summed E-state index contributed by atoms with van der Waals surface area (Å²) in [4.78, 5) is 19.8. The largest absolute Gasteiger partial charge is 0.373 e. The van der Waals surface area contributed by atoms with Gasteiger partial charge in [-0.1, -0.05) is 42.7 Å². The first-order chi connectivity index (χ1) is 15.6. The van der Waals surface area contributed by atoms with Crippen molar-refractivity contribution >= 4 is 35.8 Å². The number of nitrogens with one attached hydrogen (secondary N) is 2. The fourth-order valence-corrected chi connectivity index (χ4v) is 5.39. The number of carbonyl (C=O) groups excluding carboxylic acids is 1. The van der Waals surface area contributed by atoms with Crippen molar-refractivity contribution in [3.63, 3.8) is 0 Å². The molecule has 33 heavy (non-hydrogen) atoms. The Morgan fingerprint density at radius 2 is 1.88 bits per heavy atom. The van der Waals surface area contributed by atoms with E-state index in [2.05, 4.69) is 53.6 Å². The molecule has 3 unspecified atom stereocenters. The molecule has 0 spiro atoms. The van der Waals surface area contributed by atoms with Crippen molar-refractivity contribution in [3.8, 4) is 0 Å². The van der Waals surface area contributed by atoms with E-state index >= 15 is 0 Å². The van der Waals surface area contributed by atoms with Crippen LogP contribution in [0.5, 0.6) is 0 Å². The van der Waals surface area contributed by atoms with Crippen molar-refractivity contribution < 1.29 is 9.53 Å². The average Bonchev–Trinajstić information content (AvgIpc) is 3.51. The topological polar surface area (TPSA) is 66.0 Å². The molecule has 2 heterocycles. The monoisotopic (exact) mass is 568 g/mol. The number of amides is 1. The zero-order chi connectivity index (χ0) is 22.3. The lowest BCUT2D eigenvalue weighted by molar-refractivity contribution is -0.134. The summed E-state index contributed by atoms with van der Waals surface area (Å²) in [5.74, 6) is 1.88. The third-order valence-electron chi connectivity index (χ3n) is 7.22. The zero-order valence-corrected chi connectivity index (χ0v) is 22.6. The molecule has 1 aromatic carbocycles. The van der Waals surface area contributed by atoms with E-state index in [9.17, 15) is 4.79 Å². The van der Waals surface area contributed by atoms with Gasteiger partial charge in [0.2, 0.25) is 5.91 Å². The minimum atomic E-state index is 0. The van der Waals surface area contributed by atoms with Gasteiger partial charge in [-0.15, -0.1) is 24.0 Å². The molecule has 0 aromatic heterocycles. The average molecular weight is 569 g/mol. The fraction of sp³-hybridized carbons (Fsp3) is 0.692. The maximum absolute atomic E-state index is 12.8. The SMILES string of the molecule is CCNC(=NCC1CCCOC1c1ccc(C)cc1)NC1CCN(C(=O)C2CCCC2)C1.I. The van der Waals surface area contributed by atoms with Gasteiger partial charge in [0.05, 0.1) is 6.10 Å². The summed E-state index contributed by atoms with van der Waals surface area (Å²) in [6, 6.07) is 8.99. The van der Waals surface area contributed by atoms with Crippen LogP contribution in [-0.4, -0.2) is 55.6 Å². The molecule has 3 atom stereocenters. The molecular formula is C26H41IN4O2. The molecule has 2 N–H and O–H groups in total. The second-order valence-corrected chi connectivity index (χ2v) is 9.72. The minimum absolute atomic E-state index is 0. The highest BCUT2D eigenvalue weighted by Gasteiger charge is 2.33. The second-order valence-electron chi connectivity index (χ2n) is 9.72. The fourth-order valence-electron chi connectivity index (χ4n) is 5.39. The molecule has 3 fully saturated rings. The number of likely N-dealkylation sites (tertiary alicyclic amines) is 1. The molecule has 1 aliphatic carbocycles. The first-order valence-electron chi connectivity index (χ1n) is 12.7. The summed E-state index contributed by atoms with van der Waals surface area (Å²) in [5, 5.41) is 7.00. The van der Waals surface area contributed by atoms with Crippen LogP contribution < -0.4 is 10.6 Å². The van der Waals surface area contributed by atoms with Crippen LogP contribution in [0.1, 0.15) is 69.1 Å². The van der Waals surface area contributed by atoms with E-state index in [1.54, 1.807) is 0 Å². The van der Waals surface area contributed by atoms with E-state index in [0.717, 1.165) is 70.8 Å². The predicted molar refractivity (Wildman–Crippen MR) is 144 cm³/mol. The van der Waals surface area contributed by atoms with Crippen molar-refractivity contribution in [1.82, 2.24) is 15.5 Å².